The molecule has 4 amide bonds. The maximum atomic E-state index is 13.8. The lowest BCUT2D eigenvalue weighted by atomic mass is 9.84. The van der Waals surface area contributed by atoms with Crippen molar-refractivity contribution in [2.45, 2.75) is 77.8 Å². The lowest BCUT2D eigenvalue weighted by Gasteiger charge is -2.40. The van der Waals surface area contributed by atoms with Crippen LogP contribution in [0.4, 0.5) is 0 Å². The molecule has 1 aliphatic carbocycles. The van der Waals surface area contributed by atoms with Crippen LogP contribution in [0.25, 0.3) is 10.6 Å². The maximum Gasteiger partial charge on any atom is 0.273 e. The normalized spacial score (nSPS) is 17.7. The van der Waals surface area contributed by atoms with Crippen LogP contribution in [0.5, 0.6) is 0 Å². The molecular weight excluding hydrogens is 568 g/mol. The topological polar surface area (TPSA) is 136 Å². The summed E-state index contributed by atoms with van der Waals surface area (Å²) in [4.78, 5) is 63.8. The molecule has 0 bridgehead atoms. The van der Waals surface area contributed by atoms with Crippen LogP contribution in [0.2, 0.25) is 0 Å². The number of likely N-dealkylation sites (N-methyl/N-ethyl adjacent to an activating group) is 1. The van der Waals surface area contributed by atoms with Gasteiger partial charge >= 0.3 is 0 Å². The zero-order valence-corrected chi connectivity index (χ0v) is 26.4. The van der Waals surface area contributed by atoms with E-state index < -0.39 is 17.4 Å². The van der Waals surface area contributed by atoms with Gasteiger partial charge in [0.25, 0.3) is 5.91 Å². The van der Waals surface area contributed by atoms with E-state index in [1.165, 1.54) is 11.3 Å². The molecule has 1 saturated heterocycles. The van der Waals surface area contributed by atoms with E-state index in [1.807, 2.05) is 32.9 Å². The van der Waals surface area contributed by atoms with E-state index in [-0.39, 0.29) is 30.3 Å². The fourth-order valence-electron chi connectivity index (χ4n) is 6.09. The molecule has 2 aromatic heterocycles. The molecule has 2 fully saturated rings. The van der Waals surface area contributed by atoms with Crippen LogP contribution in [0.1, 0.15) is 76.2 Å². The van der Waals surface area contributed by atoms with Gasteiger partial charge in [-0.3, -0.25) is 29.4 Å². The number of aromatic nitrogens is 2. The molecular formula is C31H44N6O5S. The predicted octanol–water partition coefficient (Wildman–Crippen LogP) is 3.84. The Hall–Kier alpha value is -3.38. The van der Waals surface area contributed by atoms with Gasteiger partial charge in [0.1, 0.15) is 16.7 Å². The highest BCUT2D eigenvalue weighted by molar-refractivity contribution is 7.13. The number of hydroxylamine groups is 2. The average molecular weight is 613 g/mol. The van der Waals surface area contributed by atoms with Crippen LogP contribution in [0.15, 0.2) is 29.9 Å². The van der Waals surface area contributed by atoms with Gasteiger partial charge in [0.05, 0.1) is 12.5 Å². The second kappa shape index (κ2) is 14.4. The molecule has 2 aromatic rings. The summed E-state index contributed by atoms with van der Waals surface area (Å²) < 4.78 is 0. The highest BCUT2D eigenvalue weighted by Crippen LogP contribution is 2.32. The van der Waals surface area contributed by atoms with Crippen molar-refractivity contribution < 1.29 is 24.4 Å². The Morgan fingerprint density at radius 2 is 1.88 bits per heavy atom. The predicted molar refractivity (Wildman–Crippen MR) is 163 cm³/mol. The number of pyridine rings is 1. The number of nitrogens with zero attached hydrogens (tertiary/aromatic N) is 5. The lowest BCUT2D eigenvalue weighted by Crippen LogP contribution is -2.58. The SMILES string of the molecule is CN(C(=O)[C@@H](NC(=O)[C@H](CC1CCCC1)CN(O)C=O)C(C)(C)C)C1CCN(C(=O)c2csc(-c3cccnc3)n2)CC1. The van der Waals surface area contributed by atoms with Gasteiger partial charge in [-0.25, -0.2) is 10.0 Å². The van der Waals surface area contributed by atoms with Crippen LogP contribution in [0, 0.1) is 17.3 Å². The number of carbonyl (C=O) groups excluding carboxylic acids is 4. The summed E-state index contributed by atoms with van der Waals surface area (Å²) >= 11 is 1.41. The fourth-order valence-corrected chi connectivity index (χ4v) is 6.87. The monoisotopic (exact) mass is 612 g/mol. The molecule has 43 heavy (non-hydrogen) atoms. The summed E-state index contributed by atoms with van der Waals surface area (Å²) in [5.41, 5.74) is 0.703. The molecule has 2 aliphatic rings. The molecule has 11 nitrogen and oxygen atoms in total. The third-order valence-electron chi connectivity index (χ3n) is 8.67. The van der Waals surface area contributed by atoms with Gasteiger partial charge in [-0.1, -0.05) is 46.5 Å². The van der Waals surface area contributed by atoms with Gasteiger partial charge < -0.3 is 15.1 Å². The van der Waals surface area contributed by atoms with E-state index in [1.54, 1.807) is 34.6 Å². The quantitative estimate of drug-likeness (QED) is 0.224. The van der Waals surface area contributed by atoms with Gasteiger partial charge in [0.15, 0.2) is 0 Å². The summed E-state index contributed by atoms with van der Waals surface area (Å²) in [6.07, 6.45) is 9.79. The number of hydrogen-bond donors (Lipinski definition) is 2. The molecule has 0 radical (unpaired) electrons. The van der Waals surface area contributed by atoms with Crippen LogP contribution < -0.4 is 5.32 Å². The molecule has 0 unspecified atom stereocenters. The van der Waals surface area contributed by atoms with E-state index >= 15 is 0 Å². The van der Waals surface area contributed by atoms with Crippen molar-refractivity contribution in [3.8, 4) is 10.6 Å². The van der Waals surface area contributed by atoms with E-state index in [4.69, 9.17) is 0 Å². The number of hydrogen-bond acceptors (Lipinski definition) is 8. The first-order valence-corrected chi connectivity index (χ1v) is 16.0. The summed E-state index contributed by atoms with van der Waals surface area (Å²) in [6.45, 7) is 6.61. The van der Waals surface area contributed by atoms with Gasteiger partial charge in [-0.2, -0.15) is 0 Å². The summed E-state index contributed by atoms with van der Waals surface area (Å²) in [6, 6.07) is 2.87. The summed E-state index contributed by atoms with van der Waals surface area (Å²) in [5, 5.41) is 15.9. The van der Waals surface area contributed by atoms with E-state index in [0.29, 0.717) is 55.4 Å². The molecule has 1 aliphatic heterocycles. The third-order valence-corrected chi connectivity index (χ3v) is 9.56. The molecule has 0 spiro atoms. The van der Waals surface area contributed by atoms with E-state index in [0.717, 1.165) is 36.3 Å². The van der Waals surface area contributed by atoms with Crippen LogP contribution in [-0.4, -0.2) is 92.9 Å². The Kier molecular flexibility index (Phi) is 10.9. The maximum absolute atomic E-state index is 13.8. The Morgan fingerprint density at radius 1 is 1.19 bits per heavy atom. The number of amides is 4. The van der Waals surface area contributed by atoms with Crippen molar-refractivity contribution in [3.63, 3.8) is 0 Å². The average Bonchev–Trinajstić information content (AvgIpc) is 3.71. The Bertz CT molecular complexity index is 1250. The fraction of sp³-hybridized carbons (Fsp3) is 0.613. The van der Waals surface area contributed by atoms with Crippen molar-refractivity contribution in [1.82, 2.24) is 30.1 Å². The second-order valence-corrected chi connectivity index (χ2v) is 13.7. The number of carbonyl (C=O) groups is 4. The highest BCUT2D eigenvalue weighted by Gasteiger charge is 2.39. The lowest BCUT2D eigenvalue weighted by molar-refractivity contribution is -0.156. The van der Waals surface area contributed by atoms with Crippen LogP contribution in [0.3, 0.4) is 0 Å². The van der Waals surface area contributed by atoms with Crippen molar-refractivity contribution in [2.24, 2.45) is 17.3 Å². The Labute approximate surface area is 257 Å². The molecule has 0 aromatic carbocycles. The smallest absolute Gasteiger partial charge is 0.273 e. The molecule has 2 atom stereocenters. The van der Waals surface area contributed by atoms with Gasteiger partial charge in [-0.05, 0) is 42.7 Å². The van der Waals surface area contributed by atoms with Gasteiger partial charge in [0.2, 0.25) is 18.2 Å². The first-order chi connectivity index (χ1) is 20.5. The van der Waals surface area contributed by atoms with Crippen molar-refractivity contribution in [2.75, 3.05) is 26.7 Å². The van der Waals surface area contributed by atoms with E-state index in [2.05, 4.69) is 15.3 Å². The first-order valence-electron chi connectivity index (χ1n) is 15.1. The molecule has 3 heterocycles. The van der Waals surface area contributed by atoms with Crippen molar-refractivity contribution >= 4 is 35.5 Å². The number of rotatable bonds is 11. The van der Waals surface area contributed by atoms with Gasteiger partial charge in [-0.15, -0.1) is 11.3 Å². The molecule has 4 rings (SSSR count). The second-order valence-electron chi connectivity index (χ2n) is 12.9. The number of piperidine rings is 1. The minimum Gasteiger partial charge on any atom is -0.344 e. The molecule has 234 valence electrons. The van der Waals surface area contributed by atoms with Crippen molar-refractivity contribution in [1.29, 1.82) is 0 Å². The number of thiazole rings is 1. The minimum atomic E-state index is -0.792. The summed E-state index contributed by atoms with van der Waals surface area (Å²) in [5.74, 6) is -0.896. The molecule has 1 saturated carbocycles. The first kappa shape index (κ1) is 32.5. The van der Waals surface area contributed by atoms with E-state index in [9.17, 15) is 24.4 Å². The van der Waals surface area contributed by atoms with Crippen molar-refractivity contribution in [3.05, 3.63) is 35.6 Å². The Balaban J connectivity index is 1.37. The zero-order chi connectivity index (χ0) is 31.1. The summed E-state index contributed by atoms with van der Waals surface area (Å²) in [7, 11) is 1.76. The molecule has 12 heteroatoms. The van der Waals surface area contributed by atoms with Crippen LogP contribution in [-0.2, 0) is 14.4 Å². The standard InChI is InChI=1S/C31H44N6O5S/c1-31(2,3)26(34-27(39)23(18-37(42)20-38)16-21-8-5-6-9-21)30(41)35(4)24-11-14-36(15-12-24)29(40)25-19-43-28(33-25)22-10-7-13-32-17-22/h7,10,13,17,19-21,23-24,26,42H,5-6,8-9,11-12,14-16,18H2,1-4H3,(H,34,39)/t23-,26-/m1/s1. The van der Waals surface area contributed by atoms with Crippen LogP contribution >= 0.6 is 11.3 Å². The number of nitrogens with one attached hydrogen (secondary N) is 1. The largest absolute Gasteiger partial charge is 0.344 e. The third kappa shape index (κ3) is 8.38. The Morgan fingerprint density at radius 3 is 2.49 bits per heavy atom. The molecule has 2 N–H and O–H groups in total. The zero-order valence-electron chi connectivity index (χ0n) is 25.6. The highest BCUT2D eigenvalue weighted by atomic mass is 32.1. The number of likely N-dealkylation sites (tertiary alicyclic amines) is 1. The van der Waals surface area contributed by atoms with Gasteiger partial charge in [0, 0.05) is 49.5 Å². The minimum absolute atomic E-state index is 0.0861.